The second-order valence-electron chi connectivity index (χ2n) is 8.29. The van der Waals surface area contributed by atoms with Gasteiger partial charge in [0, 0.05) is 35.0 Å². The molecule has 0 spiro atoms. The number of hydrogen-bond donors (Lipinski definition) is 3. The highest BCUT2D eigenvalue weighted by molar-refractivity contribution is 6.38. The maximum absolute atomic E-state index is 12.3. The summed E-state index contributed by atoms with van der Waals surface area (Å²) >= 11 is 12.7. The fraction of sp³-hybridized carbons (Fsp3) is 0.550. The zero-order valence-corrected chi connectivity index (χ0v) is 17.7. The molecule has 3 aliphatic rings. The average Bonchev–Trinajstić information content (AvgIpc) is 3.10. The van der Waals surface area contributed by atoms with Crippen LogP contribution in [0.3, 0.4) is 0 Å². The third kappa shape index (κ3) is 3.49. The molecule has 6 N–H and O–H groups in total. The smallest absolute Gasteiger partial charge is 0.267 e. The Morgan fingerprint density at radius 2 is 2.14 bits per heavy atom. The number of nitrogens with two attached hydrogens (primary N) is 3. The van der Waals surface area contributed by atoms with Gasteiger partial charge < -0.3 is 22.1 Å². The lowest BCUT2D eigenvalue weighted by molar-refractivity contribution is 0.0994. The van der Waals surface area contributed by atoms with E-state index in [1.54, 1.807) is 12.2 Å². The van der Waals surface area contributed by atoms with Crippen LogP contribution in [0.4, 0.5) is 11.8 Å². The number of carbonyl (C=O) groups excluding carboxylic acids is 1. The predicted octanol–water partition coefficient (Wildman–Crippen LogP) is 2.50. The number of amides is 1. The van der Waals surface area contributed by atoms with Gasteiger partial charge in [0.05, 0.1) is 5.38 Å². The fourth-order valence-corrected chi connectivity index (χ4v) is 5.56. The van der Waals surface area contributed by atoms with E-state index in [0.717, 1.165) is 25.9 Å². The number of anilines is 2. The van der Waals surface area contributed by atoms with Crippen LogP contribution in [0.15, 0.2) is 23.3 Å². The van der Waals surface area contributed by atoms with E-state index in [4.69, 9.17) is 40.4 Å². The number of nitrogens with zero attached hydrogens (tertiary/aromatic N) is 3. The molecule has 2 unspecified atom stereocenters. The van der Waals surface area contributed by atoms with Gasteiger partial charge in [-0.3, -0.25) is 4.79 Å². The van der Waals surface area contributed by atoms with Crippen molar-refractivity contribution in [3.8, 4) is 0 Å². The summed E-state index contributed by atoms with van der Waals surface area (Å²) in [5, 5.41) is -0.0988. The number of halogens is 2. The SMILES string of the molecule is NC[C@]12CCCC[C@H]1CN(c1nc(N)c(C3C=CC=C(Cl)C3Cl)c(C(N)=O)n1)C2. The lowest BCUT2D eigenvalue weighted by atomic mass is 9.68. The van der Waals surface area contributed by atoms with Gasteiger partial charge in [0.1, 0.15) is 11.5 Å². The number of allylic oxidation sites excluding steroid dienone is 4. The molecule has 0 radical (unpaired) electrons. The van der Waals surface area contributed by atoms with Crippen LogP contribution in [-0.4, -0.2) is 40.9 Å². The number of alkyl halides is 1. The van der Waals surface area contributed by atoms with E-state index in [1.165, 1.54) is 12.8 Å². The van der Waals surface area contributed by atoms with Gasteiger partial charge in [-0.15, -0.1) is 11.6 Å². The first-order chi connectivity index (χ1) is 13.9. The van der Waals surface area contributed by atoms with Gasteiger partial charge >= 0.3 is 0 Å². The van der Waals surface area contributed by atoms with Gasteiger partial charge in [-0.05, 0) is 31.4 Å². The molecule has 1 aromatic rings. The Balaban J connectivity index is 1.72. The van der Waals surface area contributed by atoms with Crippen LogP contribution in [0.1, 0.15) is 47.7 Å². The largest absolute Gasteiger partial charge is 0.383 e. The Labute approximate surface area is 180 Å². The third-order valence-corrected chi connectivity index (χ3v) is 7.64. The molecular formula is C20H26Cl2N6O. The normalized spacial score (nSPS) is 31.5. The van der Waals surface area contributed by atoms with Crippen molar-refractivity contribution in [3.05, 3.63) is 34.5 Å². The van der Waals surface area contributed by atoms with Gasteiger partial charge in [-0.2, -0.15) is 4.98 Å². The zero-order chi connectivity index (χ0) is 20.8. The number of carbonyl (C=O) groups is 1. The molecule has 2 fully saturated rings. The number of fused-ring (bicyclic) bond motifs is 1. The van der Waals surface area contributed by atoms with E-state index in [-0.39, 0.29) is 16.9 Å². The summed E-state index contributed by atoms with van der Waals surface area (Å²) < 4.78 is 0. The highest BCUT2D eigenvalue weighted by atomic mass is 35.5. The summed E-state index contributed by atoms with van der Waals surface area (Å²) in [7, 11) is 0. The first kappa shape index (κ1) is 20.4. The standard InChI is InChI=1S/C20H26Cl2N6O/c21-13-6-3-5-12(15(13)22)14-16(18(25)29)26-19(27-17(14)24)28-8-11-4-1-2-7-20(11,9-23)10-28/h3,5-6,11-12,15H,1-2,4,7-10,23H2,(H2,25,29)(H2,24,26,27)/t11-,12?,15?,20-/m0/s1. The van der Waals surface area contributed by atoms with Crippen molar-refractivity contribution in [2.45, 2.75) is 37.0 Å². The number of primary amides is 1. The van der Waals surface area contributed by atoms with Crippen LogP contribution in [-0.2, 0) is 0 Å². The number of hydrogen-bond acceptors (Lipinski definition) is 6. The first-order valence-corrected chi connectivity index (χ1v) is 10.8. The van der Waals surface area contributed by atoms with Crippen molar-refractivity contribution in [2.24, 2.45) is 22.8 Å². The highest BCUT2D eigenvalue weighted by Crippen LogP contribution is 2.47. The molecule has 9 heteroatoms. The number of aromatic nitrogens is 2. The summed E-state index contributed by atoms with van der Waals surface area (Å²) in [6.45, 7) is 2.21. The monoisotopic (exact) mass is 436 g/mol. The lowest BCUT2D eigenvalue weighted by Crippen LogP contribution is -2.40. The molecule has 4 atom stereocenters. The molecular weight excluding hydrogens is 411 g/mol. The Morgan fingerprint density at radius 3 is 2.83 bits per heavy atom. The van der Waals surface area contributed by atoms with Crippen molar-refractivity contribution in [3.63, 3.8) is 0 Å². The molecule has 1 amide bonds. The van der Waals surface area contributed by atoms with Crippen molar-refractivity contribution < 1.29 is 4.79 Å². The Morgan fingerprint density at radius 1 is 1.34 bits per heavy atom. The molecule has 7 nitrogen and oxygen atoms in total. The highest BCUT2D eigenvalue weighted by Gasteiger charge is 2.47. The maximum Gasteiger partial charge on any atom is 0.267 e. The summed E-state index contributed by atoms with van der Waals surface area (Å²) in [5.41, 5.74) is 18.7. The van der Waals surface area contributed by atoms with Crippen LogP contribution >= 0.6 is 23.2 Å². The van der Waals surface area contributed by atoms with Gasteiger partial charge in [0.2, 0.25) is 5.95 Å². The molecule has 0 aromatic carbocycles. The molecule has 29 heavy (non-hydrogen) atoms. The molecule has 156 valence electrons. The van der Waals surface area contributed by atoms with Crippen LogP contribution in [0.5, 0.6) is 0 Å². The molecule has 1 saturated heterocycles. The van der Waals surface area contributed by atoms with Gasteiger partial charge in [0.25, 0.3) is 5.91 Å². The third-order valence-electron chi connectivity index (χ3n) is 6.66. The second-order valence-corrected chi connectivity index (χ2v) is 9.20. The summed E-state index contributed by atoms with van der Waals surface area (Å²) in [6.07, 6.45) is 9.98. The van der Waals surface area contributed by atoms with Crippen molar-refractivity contribution >= 4 is 40.9 Å². The van der Waals surface area contributed by atoms with Crippen molar-refractivity contribution in [2.75, 3.05) is 30.3 Å². The molecule has 1 saturated carbocycles. The van der Waals surface area contributed by atoms with Crippen LogP contribution in [0, 0.1) is 11.3 Å². The molecule has 2 aliphatic carbocycles. The van der Waals surface area contributed by atoms with Gasteiger partial charge in [-0.1, -0.05) is 36.6 Å². The van der Waals surface area contributed by atoms with Crippen LogP contribution in [0.2, 0.25) is 0 Å². The van der Waals surface area contributed by atoms with Crippen molar-refractivity contribution in [1.82, 2.24) is 9.97 Å². The zero-order valence-electron chi connectivity index (χ0n) is 16.2. The molecule has 0 bridgehead atoms. The Kier molecular flexibility index (Phi) is 5.48. The second kappa shape index (κ2) is 7.78. The van der Waals surface area contributed by atoms with E-state index < -0.39 is 17.2 Å². The summed E-state index contributed by atoms with van der Waals surface area (Å²) in [6, 6.07) is 0. The topological polar surface area (TPSA) is 124 Å². The molecule has 1 aromatic heterocycles. The minimum Gasteiger partial charge on any atom is -0.383 e. The van der Waals surface area contributed by atoms with E-state index in [1.807, 2.05) is 6.08 Å². The van der Waals surface area contributed by atoms with Gasteiger partial charge in [0.15, 0.2) is 0 Å². The quantitative estimate of drug-likeness (QED) is 0.622. The van der Waals surface area contributed by atoms with E-state index in [2.05, 4.69) is 14.9 Å². The minimum atomic E-state index is -0.663. The lowest BCUT2D eigenvalue weighted by Gasteiger charge is -2.37. The van der Waals surface area contributed by atoms with Gasteiger partial charge in [-0.25, -0.2) is 4.98 Å². The summed E-state index contributed by atoms with van der Waals surface area (Å²) in [5.74, 6) is 0.0351. The van der Waals surface area contributed by atoms with E-state index >= 15 is 0 Å². The van der Waals surface area contributed by atoms with E-state index in [9.17, 15) is 4.79 Å². The van der Waals surface area contributed by atoms with Crippen LogP contribution in [0.25, 0.3) is 0 Å². The van der Waals surface area contributed by atoms with Crippen molar-refractivity contribution in [1.29, 1.82) is 0 Å². The minimum absolute atomic E-state index is 0.0770. The molecule has 1 aliphatic heterocycles. The Hall–Kier alpha value is -1.83. The first-order valence-electron chi connectivity index (χ1n) is 9.96. The Bertz CT molecular complexity index is 888. The van der Waals surface area contributed by atoms with Crippen LogP contribution < -0.4 is 22.1 Å². The molecule has 2 heterocycles. The average molecular weight is 437 g/mol. The predicted molar refractivity (Wildman–Crippen MR) is 116 cm³/mol. The maximum atomic E-state index is 12.3. The molecule has 4 rings (SSSR count). The number of rotatable bonds is 4. The fourth-order valence-electron chi connectivity index (χ4n) is 5.07. The summed E-state index contributed by atoms with van der Waals surface area (Å²) in [4.78, 5) is 23.4. The number of nitrogen functional groups attached to an aromatic ring is 1. The van der Waals surface area contributed by atoms with E-state index in [0.29, 0.717) is 29.0 Å².